The quantitative estimate of drug-likeness (QED) is 0.832. The third-order valence-corrected chi connectivity index (χ3v) is 3.49. The number of hydrogen-bond donors (Lipinski definition) is 1. The lowest BCUT2D eigenvalue weighted by atomic mass is 10.2. The van der Waals surface area contributed by atoms with Crippen molar-refractivity contribution in [3.05, 3.63) is 22.6 Å². The van der Waals surface area contributed by atoms with Crippen LogP contribution in [-0.2, 0) is 11.3 Å². The van der Waals surface area contributed by atoms with Crippen molar-refractivity contribution in [2.24, 2.45) is 0 Å². The number of aryl methyl sites for hydroxylation is 1. The van der Waals surface area contributed by atoms with Crippen LogP contribution in [0.2, 0.25) is 0 Å². The highest BCUT2D eigenvalue weighted by molar-refractivity contribution is 7.71. The highest BCUT2D eigenvalue weighted by atomic mass is 32.1. The third kappa shape index (κ3) is 2.00. The molecule has 17 heavy (non-hydrogen) atoms. The first-order valence-electron chi connectivity index (χ1n) is 5.92. The van der Waals surface area contributed by atoms with Gasteiger partial charge in [0.2, 0.25) is 0 Å². The fraction of sp³-hybridized carbons (Fsp3) is 0.500. The third-order valence-electron chi connectivity index (χ3n) is 3.17. The van der Waals surface area contributed by atoms with Gasteiger partial charge in [0.05, 0.1) is 18.2 Å². The van der Waals surface area contributed by atoms with Crippen LogP contribution in [0.4, 0.5) is 0 Å². The topological polar surface area (TPSA) is 42.8 Å². The van der Waals surface area contributed by atoms with E-state index in [2.05, 4.69) is 9.97 Å². The standard InChI is InChI=1S/C12H15N3OS/c1-8-4-5-10-11(13-8)15(12(17)14-10)7-9-3-2-6-16-9/h4-5,9H,2-3,6-7H2,1H3,(H,14,17). The molecule has 2 aromatic heterocycles. The summed E-state index contributed by atoms with van der Waals surface area (Å²) in [6.07, 6.45) is 2.54. The van der Waals surface area contributed by atoms with Crippen molar-refractivity contribution in [1.29, 1.82) is 0 Å². The Morgan fingerprint density at radius 2 is 2.47 bits per heavy atom. The van der Waals surface area contributed by atoms with Gasteiger partial charge in [-0.2, -0.15) is 0 Å². The second-order valence-electron chi connectivity index (χ2n) is 4.50. The van der Waals surface area contributed by atoms with Crippen molar-refractivity contribution >= 4 is 23.4 Å². The lowest BCUT2D eigenvalue weighted by Crippen LogP contribution is -2.15. The Labute approximate surface area is 105 Å². The molecule has 3 heterocycles. The highest BCUT2D eigenvalue weighted by Crippen LogP contribution is 2.18. The second kappa shape index (κ2) is 4.23. The van der Waals surface area contributed by atoms with Crippen LogP contribution in [0.1, 0.15) is 18.5 Å². The maximum atomic E-state index is 5.65. The van der Waals surface area contributed by atoms with Crippen LogP contribution >= 0.6 is 12.2 Å². The molecule has 1 aliphatic heterocycles. The van der Waals surface area contributed by atoms with Crippen molar-refractivity contribution in [2.45, 2.75) is 32.4 Å². The van der Waals surface area contributed by atoms with E-state index in [4.69, 9.17) is 17.0 Å². The largest absolute Gasteiger partial charge is 0.376 e. The fourth-order valence-electron chi connectivity index (χ4n) is 2.29. The molecule has 0 aliphatic carbocycles. The summed E-state index contributed by atoms with van der Waals surface area (Å²) in [7, 11) is 0. The van der Waals surface area contributed by atoms with E-state index >= 15 is 0 Å². The molecule has 0 saturated carbocycles. The van der Waals surface area contributed by atoms with Gasteiger partial charge in [0.25, 0.3) is 0 Å². The Morgan fingerprint density at radius 1 is 1.59 bits per heavy atom. The first-order chi connectivity index (χ1) is 8.24. The maximum Gasteiger partial charge on any atom is 0.179 e. The van der Waals surface area contributed by atoms with Crippen LogP contribution < -0.4 is 0 Å². The number of hydrogen-bond acceptors (Lipinski definition) is 3. The van der Waals surface area contributed by atoms with Gasteiger partial charge < -0.3 is 9.72 Å². The minimum Gasteiger partial charge on any atom is -0.376 e. The monoisotopic (exact) mass is 249 g/mol. The SMILES string of the molecule is Cc1ccc2[nH]c(=S)n(CC3CCCO3)c2n1. The molecular weight excluding hydrogens is 234 g/mol. The lowest BCUT2D eigenvalue weighted by Gasteiger charge is -2.10. The zero-order valence-electron chi connectivity index (χ0n) is 9.77. The minimum absolute atomic E-state index is 0.281. The van der Waals surface area contributed by atoms with Gasteiger partial charge in [-0.1, -0.05) is 0 Å². The summed E-state index contributed by atoms with van der Waals surface area (Å²) in [6, 6.07) is 4.02. The summed E-state index contributed by atoms with van der Waals surface area (Å²) in [4.78, 5) is 7.74. The molecule has 2 aromatic rings. The van der Waals surface area contributed by atoms with Gasteiger partial charge in [-0.15, -0.1) is 0 Å². The molecule has 4 nitrogen and oxygen atoms in total. The van der Waals surface area contributed by atoms with Crippen LogP contribution in [0.3, 0.4) is 0 Å². The molecule has 90 valence electrons. The summed E-state index contributed by atoms with van der Waals surface area (Å²) in [5.41, 5.74) is 2.94. The Morgan fingerprint density at radius 3 is 3.24 bits per heavy atom. The predicted octanol–water partition coefficient (Wildman–Crippen LogP) is 2.58. The van der Waals surface area contributed by atoms with Crippen molar-refractivity contribution in [3.63, 3.8) is 0 Å². The molecule has 1 atom stereocenters. The van der Waals surface area contributed by atoms with E-state index in [1.807, 2.05) is 23.6 Å². The Kier molecular flexibility index (Phi) is 2.72. The predicted molar refractivity (Wildman–Crippen MR) is 68.6 cm³/mol. The summed E-state index contributed by atoms with van der Waals surface area (Å²) >= 11 is 5.34. The molecular formula is C12H15N3OS. The molecule has 1 fully saturated rings. The van der Waals surface area contributed by atoms with E-state index in [9.17, 15) is 0 Å². The zero-order valence-corrected chi connectivity index (χ0v) is 10.6. The van der Waals surface area contributed by atoms with Crippen molar-refractivity contribution in [1.82, 2.24) is 14.5 Å². The average molecular weight is 249 g/mol. The summed E-state index contributed by atoms with van der Waals surface area (Å²) < 4.78 is 8.43. The Hall–Kier alpha value is -1.20. The lowest BCUT2D eigenvalue weighted by molar-refractivity contribution is 0.0975. The Balaban J connectivity index is 2.04. The molecule has 0 radical (unpaired) electrons. The van der Waals surface area contributed by atoms with Gasteiger partial charge in [-0.25, -0.2) is 4.98 Å². The number of nitrogens with one attached hydrogen (secondary N) is 1. The number of imidazole rings is 1. The molecule has 1 N–H and O–H groups in total. The van der Waals surface area contributed by atoms with Gasteiger partial charge in [0.15, 0.2) is 10.4 Å². The molecule has 0 spiro atoms. The first-order valence-corrected chi connectivity index (χ1v) is 6.32. The van der Waals surface area contributed by atoms with Gasteiger partial charge in [0, 0.05) is 12.3 Å². The van der Waals surface area contributed by atoms with E-state index in [0.29, 0.717) is 0 Å². The molecule has 0 aromatic carbocycles. The molecule has 1 saturated heterocycles. The van der Waals surface area contributed by atoms with Crippen LogP contribution in [0.5, 0.6) is 0 Å². The number of pyridine rings is 1. The second-order valence-corrected chi connectivity index (χ2v) is 4.89. The van der Waals surface area contributed by atoms with Gasteiger partial charge in [-0.05, 0) is 44.1 Å². The summed E-state index contributed by atoms with van der Waals surface area (Å²) in [6.45, 7) is 3.66. The molecule has 1 unspecified atom stereocenters. The van der Waals surface area contributed by atoms with Crippen LogP contribution in [0.15, 0.2) is 12.1 Å². The number of ether oxygens (including phenoxy) is 1. The van der Waals surface area contributed by atoms with Crippen molar-refractivity contribution in [3.8, 4) is 0 Å². The van der Waals surface area contributed by atoms with Gasteiger partial charge in [-0.3, -0.25) is 4.57 Å². The fourth-order valence-corrected chi connectivity index (χ4v) is 2.56. The number of fused-ring (bicyclic) bond motifs is 1. The minimum atomic E-state index is 0.281. The molecule has 3 rings (SSSR count). The average Bonchev–Trinajstić information content (AvgIpc) is 2.90. The van der Waals surface area contributed by atoms with E-state index < -0.39 is 0 Å². The number of nitrogens with zero attached hydrogens (tertiary/aromatic N) is 2. The van der Waals surface area contributed by atoms with Gasteiger partial charge in [0.1, 0.15) is 0 Å². The normalized spacial score (nSPS) is 20.2. The van der Waals surface area contributed by atoms with Crippen LogP contribution in [0, 0.1) is 11.7 Å². The van der Waals surface area contributed by atoms with E-state index in [-0.39, 0.29) is 6.10 Å². The smallest absolute Gasteiger partial charge is 0.179 e. The van der Waals surface area contributed by atoms with Gasteiger partial charge >= 0.3 is 0 Å². The number of rotatable bonds is 2. The Bertz CT molecular complexity index is 595. The molecule has 5 heteroatoms. The van der Waals surface area contributed by atoms with Crippen LogP contribution in [0.25, 0.3) is 11.2 Å². The highest BCUT2D eigenvalue weighted by Gasteiger charge is 2.18. The molecule has 0 amide bonds. The summed E-state index contributed by atoms with van der Waals surface area (Å²) in [5, 5.41) is 0. The number of aromatic amines is 1. The van der Waals surface area contributed by atoms with Crippen LogP contribution in [-0.4, -0.2) is 27.2 Å². The molecule has 1 aliphatic rings. The number of aromatic nitrogens is 3. The van der Waals surface area contributed by atoms with E-state index in [0.717, 1.165) is 47.6 Å². The number of H-pyrrole nitrogens is 1. The zero-order chi connectivity index (χ0) is 11.8. The van der Waals surface area contributed by atoms with Crippen molar-refractivity contribution in [2.75, 3.05) is 6.61 Å². The first kappa shape index (κ1) is 10.9. The van der Waals surface area contributed by atoms with Crippen molar-refractivity contribution < 1.29 is 4.74 Å². The van der Waals surface area contributed by atoms with E-state index in [1.165, 1.54) is 0 Å². The van der Waals surface area contributed by atoms with E-state index in [1.54, 1.807) is 0 Å². The maximum absolute atomic E-state index is 5.65. The summed E-state index contributed by atoms with van der Waals surface area (Å²) in [5.74, 6) is 0. The molecule has 0 bridgehead atoms.